The zero-order valence-corrected chi connectivity index (χ0v) is 14.0. The first-order valence-corrected chi connectivity index (χ1v) is 8.17. The molecule has 1 N–H and O–H groups in total. The molecule has 0 spiro atoms. The van der Waals surface area contributed by atoms with Crippen LogP contribution in [0.1, 0.15) is 38.5 Å². The van der Waals surface area contributed by atoms with E-state index in [1.807, 2.05) is 31.2 Å². The van der Waals surface area contributed by atoms with E-state index >= 15 is 0 Å². The Bertz CT molecular complexity index is 418. The molecule has 0 fully saturated rings. The second-order valence-corrected chi connectivity index (χ2v) is 5.97. The topological polar surface area (TPSA) is 47.6 Å². The molecule has 0 heterocycles. The van der Waals surface area contributed by atoms with Gasteiger partial charge in [0.1, 0.15) is 0 Å². The van der Waals surface area contributed by atoms with Gasteiger partial charge in [-0.05, 0) is 25.5 Å². The van der Waals surface area contributed by atoms with Crippen LogP contribution in [0.3, 0.4) is 0 Å². The number of benzene rings is 1. The number of hydrogen-bond donors (Lipinski definition) is 1. The fourth-order valence-corrected chi connectivity index (χ4v) is 2.77. The second kappa shape index (κ2) is 9.82. The van der Waals surface area contributed by atoms with Crippen molar-refractivity contribution >= 4 is 17.7 Å². The van der Waals surface area contributed by atoms with E-state index in [2.05, 4.69) is 12.2 Å². The fourth-order valence-electron chi connectivity index (χ4n) is 2.06. The minimum atomic E-state index is -0.345. The zero-order chi connectivity index (χ0) is 15.7. The SMILES string of the molecule is CCCC(C)NC(=O)CSc1ccc(C(OC)OC)cc1. The normalized spacial score (nSPS) is 12.4. The molecule has 0 radical (unpaired) electrons. The van der Waals surface area contributed by atoms with Crippen LogP contribution in [0, 0.1) is 0 Å². The van der Waals surface area contributed by atoms with Crippen LogP contribution in [0.5, 0.6) is 0 Å². The maximum atomic E-state index is 11.8. The van der Waals surface area contributed by atoms with Crippen LogP contribution in [0.25, 0.3) is 0 Å². The largest absolute Gasteiger partial charge is 0.353 e. The van der Waals surface area contributed by atoms with Crippen molar-refractivity contribution in [2.75, 3.05) is 20.0 Å². The molecule has 1 unspecified atom stereocenters. The molecule has 0 aromatic heterocycles. The molecule has 1 atom stereocenters. The average Bonchev–Trinajstić information content (AvgIpc) is 2.48. The molecule has 0 saturated heterocycles. The van der Waals surface area contributed by atoms with Crippen LogP contribution in [-0.4, -0.2) is 31.9 Å². The molecule has 0 bridgehead atoms. The molecule has 1 amide bonds. The highest BCUT2D eigenvalue weighted by atomic mass is 32.2. The van der Waals surface area contributed by atoms with Crippen molar-refractivity contribution in [3.63, 3.8) is 0 Å². The summed E-state index contributed by atoms with van der Waals surface area (Å²) in [6.45, 7) is 4.16. The summed E-state index contributed by atoms with van der Waals surface area (Å²) in [4.78, 5) is 12.9. The summed E-state index contributed by atoms with van der Waals surface area (Å²) in [5.74, 6) is 0.516. The van der Waals surface area contributed by atoms with Gasteiger partial charge in [-0.1, -0.05) is 25.5 Å². The van der Waals surface area contributed by atoms with Gasteiger partial charge in [-0.15, -0.1) is 11.8 Å². The second-order valence-electron chi connectivity index (χ2n) is 4.92. The van der Waals surface area contributed by atoms with Gasteiger partial charge in [-0.25, -0.2) is 0 Å². The van der Waals surface area contributed by atoms with Crippen molar-refractivity contribution in [1.29, 1.82) is 0 Å². The molecule has 1 rings (SSSR count). The molecule has 0 aliphatic rings. The number of rotatable bonds is 9. The van der Waals surface area contributed by atoms with Crippen molar-refractivity contribution in [2.45, 2.75) is 43.9 Å². The van der Waals surface area contributed by atoms with E-state index in [9.17, 15) is 4.79 Å². The summed E-state index contributed by atoms with van der Waals surface area (Å²) in [6, 6.07) is 8.12. The summed E-state index contributed by atoms with van der Waals surface area (Å²) >= 11 is 1.53. The summed E-state index contributed by atoms with van der Waals surface area (Å²) in [5.41, 5.74) is 0.963. The maximum absolute atomic E-state index is 11.8. The Labute approximate surface area is 131 Å². The predicted octanol–water partition coefficient (Wildman–Crippen LogP) is 3.37. The Morgan fingerprint density at radius 1 is 1.24 bits per heavy atom. The highest BCUT2D eigenvalue weighted by Crippen LogP contribution is 2.22. The van der Waals surface area contributed by atoms with Gasteiger partial charge < -0.3 is 14.8 Å². The summed E-state index contributed by atoms with van der Waals surface area (Å²) in [6.07, 6.45) is 1.75. The first kappa shape index (κ1) is 18.0. The third-order valence-corrected chi connectivity index (χ3v) is 4.09. The summed E-state index contributed by atoms with van der Waals surface area (Å²) < 4.78 is 10.4. The Kier molecular flexibility index (Phi) is 8.42. The molecule has 0 saturated carbocycles. The van der Waals surface area contributed by atoms with E-state index in [4.69, 9.17) is 9.47 Å². The average molecular weight is 311 g/mol. The highest BCUT2D eigenvalue weighted by Gasteiger charge is 2.10. The number of hydrogen-bond acceptors (Lipinski definition) is 4. The molecule has 0 aliphatic carbocycles. The summed E-state index contributed by atoms with van der Waals surface area (Å²) in [7, 11) is 3.22. The number of thioether (sulfide) groups is 1. The van der Waals surface area contributed by atoms with Gasteiger partial charge in [-0.2, -0.15) is 0 Å². The number of methoxy groups -OCH3 is 2. The first-order valence-electron chi connectivity index (χ1n) is 7.18. The Hall–Kier alpha value is -1.04. The van der Waals surface area contributed by atoms with E-state index < -0.39 is 0 Å². The van der Waals surface area contributed by atoms with Crippen molar-refractivity contribution in [1.82, 2.24) is 5.32 Å². The third kappa shape index (κ3) is 6.50. The van der Waals surface area contributed by atoms with Gasteiger partial charge in [0.25, 0.3) is 0 Å². The van der Waals surface area contributed by atoms with Gasteiger partial charge >= 0.3 is 0 Å². The third-order valence-electron chi connectivity index (χ3n) is 3.08. The minimum Gasteiger partial charge on any atom is -0.353 e. The number of amides is 1. The van der Waals surface area contributed by atoms with Crippen molar-refractivity contribution in [3.05, 3.63) is 29.8 Å². The van der Waals surface area contributed by atoms with Gasteiger partial charge in [0.05, 0.1) is 5.75 Å². The fraction of sp³-hybridized carbons (Fsp3) is 0.562. The zero-order valence-electron chi connectivity index (χ0n) is 13.2. The lowest BCUT2D eigenvalue weighted by atomic mass is 10.2. The van der Waals surface area contributed by atoms with Crippen LogP contribution in [-0.2, 0) is 14.3 Å². The highest BCUT2D eigenvalue weighted by molar-refractivity contribution is 8.00. The van der Waals surface area contributed by atoms with Crippen LogP contribution in [0.15, 0.2) is 29.2 Å². The molecule has 1 aromatic rings. The molecule has 21 heavy (non-hydrogen) atoms. The van der Waals surface area contributed by atoms with Gasteiger partial charge in [0.2, 0.25) is 5.91 Å². The number of carbonyl (C=O) groups is 1. The van der Waals surface area contributed by atoms with Gasteiger partial charge in [0.15, 0.2) is 6.29 Å². The first-order chi connectivity index (χ1) is 10.1. The molecular formula is C16H25NO3S. The van der Waals surface area contributed by atoms with Crippen LogP contribution >= 0.6 is 11.8 Å². The number of ether oxygens (including phenoxy) is 2. The number of nitrogens with one attached hydrogen (secondary N) is 1. The molecule has 5 heteroatoms. The van der Waals surface area contributed by atoms with Crippen LogP contribution in [0.4, 0.5) is 0 Å². The molecule has 118 valence electrons. The quantitative estimate of drug-likeness (QED) is 0.561. The monoisotopic (exact) mass is 311 g/mol. The van der Waals surface area contributed by atoms with E-state index in [1.165, 1.54) is 11.8 Å². The van der Waals surface area contributed by atoms with E-state index in [0.717, 1.165) is 23.3 Å². The van der Waals surface area contributed by atoms with E-state index in [0.29, 0.717) is 5.75 Å². The Morgan fingerprint density at radius 2 is 1.86 bits per heavy atom. The van der Waals surface area contributed by atoms with Crippen LogP contribution < -0.4 is 5.32 Å². The Balaban J connectivity index is 2.44. The molecular weight excluding hydrogens is 286 g/mol. The van der Waals surface area contributed by atoms with Crippen molar-refractivity contribution in [3.8, 4) is 0 Å². The standard InChI is InChI=1S/C16H25NO3S/c1-5-6-12(2)17-15(18)11-21-14-9-7-13(8-10-14)16(19-3)20-4/h7-10,12,16H,5-6,11H2,1-4H3,(H,17,18). The smallest absolute Gasteiger partial charge is 0.230 e. The Morgan fingerprint density at radius 3 is 2.38 bits per heavy atom. The van der Waals surface area contributed by atoms with Crippen molar-refractivity contribution < 1.29 is 14.3 Å². The van der Waals surface area contributed by atoms with Gasteiger partial charge in [0, 0.05) is 30.7 Å². The molecule has 1 aromatic carbocycles. The minimum absolute atomic E-state index is 0.0803. The predicted molar refractivity (Wildman–Crippen MR) is 86.4 cm³/mol. The van der Waals surface area contributed by atoms with E-state index in [-0.39, 0.29) is 18.2 Å². The molecule has 0 aliphatic heterocycles. The van der Waals surface area contributed by atoms with Gasteiger partial charge in [-0.3, -0.25) is 4.79 Å². The van der Waals surface area contributed by atoms with Crippen molar-refractivity contribution in [2.24, 2.45) is 0 Å². The lowest BCUT2D eigenvalue weighted by molar-refractivity contribution is -0.119. The van der Waals surface area contributed by atoms with Crippen LogP contribution in [0.2, 0.25) is 0 Å². The maximum Gasteiger partial charge on any atom is 0.230 e. The molecule has 4 nitrogen and oxygen atoms in total. The summed E-state index contributed by atoms with van der Waals surface area (Å²) in [5, 5.41) is 3.00. The van der Waals surface area contributed by atoms with E-state index in [1.54, 1.807) is 14.2 Å². The number of carbonyl (C=O) groups excluding carboxylic acids is 1. The lowest BCUT2D eigenvalue weighted by Crippen LogP contribution is -2.33. The lowest BCUT2D eigenvalue weighted by Gasteiger charge is -2.14.